The average molecular weight is 391 g/mol. The van der Waals surface area contributed by atoms with Crippen LogP contribution in [0.15, 0.2) is 17.3 Å². The maximum Gasteiger partial charge on any atom is 0.408 e. The van der Waals surface area contributed by atoms with Gasteiger partial charge in [-0.05, 0) is 18.8 Å². The molecular formula is C13H22ClF3N4O2S. The van der Waals surface area contributed by atoms with Gasteiger partial charge in [0.1, 0.15) is 11.4 Å². The predicted octanol–water partition coefficient (Wildman–Crippen LogP) is 2.05. The van der Waals surface area contributed by atoms with Gasteiger partial charge < -0.3 is 5.73 Å². The van der Waals surface area contributed by atoms with Gasteiger partial charge in [0.05, 0.1) is 6.20 Å². The first-order valence-corrected chi connectivity index (χ1v) is 8.89. The number of hydrogen-bond acceptors (Lipinski definition) is 4. The molecule has 0 radical (unpaired) electrons. The Kier molecular flexibility index (Phi) is 6.70. The van der Waals surface area contributed by atoms with Crippen LogP contribution in [0.5, 0.6) is 0 Å². The lowest BCUT2D eigenvalue weighted by atomic mass is 9.74. The summed E-state index contributed by atoms with van der Waals surface area (Å²) in [5, 5.41) is 3.47. The average Bonchev–Trinajstić information content (AvgIpc) is 2.88. The molecule has 2 atom stereocenters. The predicted molar refractivity (Wildman–Crippen MR) is 85.3 cm³/mol. The highest BCUT2D eigenvalue weighted by Crippen LogP contribution is 2.34. The molecule has 1 aliphatic carbocycles. The van der Waals surface area contributed by atoms with E-state index in [0.29, 0.717) is 11.1 Å². The van der Waals surface area contributed by atoms with Gasteiger partial charge in [0.25, 0.3) is 0 Å². The monoisotopic (exact) mass is 390 g/mol. The molecule has 0 bridgehead atoms. The highest BCUT2D eigenvalue weighted by molar-refractivity contribution is 7.89. The van der Waals surface area contributed by atoms with Crippen molar-refractivity contribution in [2.24, 2.45) is 11.7 Å². The van der Waals surface area contributed by atoms with Gasteiger partial charge in [-0.1, -0.05) is 19.8 Å². The van der Waals surface area contributed by atoms with Crippen molar-refractivity contribution in [2.75, 3.05) is 6.54 Å². The minimum Gasteiger partial charge on any atom is -0.329 e. The summed E-state index contributed by atoms with van der Waals surface area (Å²) in [7, 11) is -3.98. The fourth-order valence-electron chi connectivity index (χ4n) is 2.99. The van der Waals surface area contributed by atoms with Gasteiger partial charge in [0, 0.05) is 18.3 Å². The number of aromatic nitrogens is 2. The zero-order chi connectivity index (χ0) is 17.3. The molecule has 1 aliphatic rings. The number of halogens is 4. The van der Waals surface area contributed by atoms with Crippen molar-refractivity contribution in [3.63, 3.8) is 0 Å². The third-order valence-electron chi connectivity index (χ3n) is 4.42. The summed E-state index contributed by atoms with van der Waals surface area (Å²) < 4.78 is 65.2. The van der Waals surface area contributed by atoms with Crippen LogP contribution >= 0.6 is 12.4 Å². The van der Waals surface area contributed by atoms with Crippen LogP contribution in [0.4, 0.5) is 13.2 Å². The van der Waals surface area contributed by atoms with Crippen molar-refractivity contribution in [1.82, 2.24) is 14.5 Å². The lowest BCUT2D eigenvalue weighted by Crippen LogP contribution is -2.58. The number of sulfonamides is 1. The van der Waals surface area contributed by atoms with E-state index in [1.165, 1.54) is 0 Å². The van der Waals surface area contributed by atoms with Crippen molar-refractivity contribution in [2.45, 2.75) is 55.8 Å². The van der Waals surface area contributed by atoms with Gasteiger partial charge in [0.15, 0.2) is 0 Å². The van der Waals surface area contributed by atoms with Crippen LogP contribution in [0.3, 0.4) is 0 Å². The second-order valence-electron chi connectivity index (χ2n) is 6.10. The van der Waals surface area contributed by atoms with Crippen LogP contribution in [-0.2, 0) is 16.6 Å². The van der Waals surface area contributed by atoms with Crippen LogP contribution in [0.25, 0.3) is 0 Å². The largest absolute Gasteiger partial charge is 0.408 e. The number of rotatable bonds is 5. The Balaban J connectivity index is 0.00000288. The van der Waals surface area contributed by atoms with Gasteiger partial charge in [-0.15, -0.1) is 12.4 Å². The molecule has 3 N–H and O–H groups in total. The highest BCUT2D eigenvalue weighted by Gasteiger charge is 2.41. The highest BCUT2D eigenvalue weighted by atomic mass is 35.5. The molecule has 1 fully saturated rings. The molecule has 2 rings (SSSR count). The molecule has 2 unspecified atom stereocenters. The zero-order valence-electron chi connectivity index (χ0n) is 13.2. The normalized spacial score (nSPS) is 25.3. The molecule has 0 saturated heterocycles. The first-order chi connectivity index (χ1) is 10.6. The summed E-state index contributed by atoms with van der Waals surface area (Å²) in [6, 6.07) is 0. The molecule has 140 valence electrons. The fourth-order valence-corrected chi connectivity index (χ4v) is 4.48. The van der Waals surface area contributed by atoms with Crippen LogP contribution in [0.1, 0.15) is 32.6 Å². The zero-order valence-corrected chi connectivity index (χ0v) is 14.8. The smallest absolute Gasteiger partial charge is 0.329 e. The van der Waals surface area contributed by atoms with E-state index in [0.717, 1.165) is 31.7 Å². The quantitative estimate of drug-likeness (QED) is 0.805. The van der Waals surface area contributed by atoms with Gasteiger partial charge in [-0.3, -0.25) is 4.68 Å². The Morgan fingerprint density at radius 1 is 1.46 bits per heavy atom. The Morgan fingerprint density at radius 2 is 2.12 bits per heavy atom. The Morgan fingerprint density at radius 3 is 2.67 bits per heavy atom. The maximum absolute atomic E-state index is 12.5. The fraction of sp³-hybridized carbons (Fsp3) is 0.769. The molecule has 6 nitrogen and oxygen atoms in total. The molecule has 0 aromatic carbocycles. The summed E-state index contributed by atoms with van der Waals surface area (Å²) in [6.07, 6.45) is 0.676. The van der Waals surface area contributed by atoms with E-state index in [1.54, 1.807) is 0 Å². The van der Waals surface area contributed by atoms with Gasteiger partial charge in [-0.2, -0.15) is 18.3 Å². The Hall–Kier alpha value is -0.840. The lowest BCUT2D eigenvalue weighted by Gasteiger charge is -2.42. The lowest BCUT2D eigenvalue weighted by molar-refractivity contribution is -0.142. The molecule has 1 aromatic rings. The molecule has 0 spiro atoms. The third kappa shape index (κ3) is 4.84. The first kappa shape index (κ1) is 21.2. The summed E-state index contributed by atoms with van der Waals surface area (Å²) in [6.45, 7) is 0.743. The van der Waals surface area contributed by atoms with E-state index < -0.39 is 28.3 Å². The maximum atomic E-state index is 12.5. The van der Waals surface area contributed by atoms with Crippen molar-refractivity contribution in [1.29, 1.82) is 0 Å². The minimum atomic E-state index is -4.46. The molecule has 24 heavy (non-hydrogen) atoms. The van der Waals surface area contributed by atoms with Gasteiger partial charge in [0.2, 0.25) is 10.0 Å². The number of hydrogen-bond donors (Lipinski definition) is 2. The molecule has 0 aliphatic heterocycles. The van der Waals surface area contributed by atoms with E-state index in [9.17, 15) is 21.6 Å². The first-order valence-electron chi connectivity index (χ1n) is 7.41. The molecule has 11 heteroatoms. The Labute approximate surface area is 145 Å². The second kappa shape index (κ2) is 7.59. The standard InChI is InChI=1S/C13H21F3N4O2S.ClH/c1-10-4-2-3-5-12(10,8-17)19-23(21,22)11-6-18-20(7-11)9-13(14,15)16;/h6-7,10,19H,2-5,8-9,17H2,1H3;1H. The van der Waals surface area contributed by atoms with Crippen LogP contribution in [0, 0.1) is 5.92 Å². The van der Waals surface area contributed by atoms with E-state index in [2.05, 4.69) is 9.82 Å². The third-order valence-corrected chi connectivity index (χ3v) is 5.92. The van der Waals surface area contributed by atoms with E-state index in [-0.39, 0.29) is 29.8 Å². The van der Waals surface area contributed by atoms with Gasteiger partial charge in [-0.25, -0.2) is 13.1 Å². The van der Waals surface area contributed by atoms with E-state index in [1.807, 2.05) is 6.92 Å². The molecule has 1 heterocycles. The Bertz CT molecular complexity index is 650. The van der Waals surface area contributed by atoms with Crippen molar-refractivity contribution < 1.29 is 21.6 Å². The molecular weight excluding hydrogens is 369 g/mol. The van der Waals surface area contributed by atoms with Crippen molar-refractivity contribution in [3.8, 4) is 0 Å². The minimum absolute atomic E-state index is 0. The number of nitrogens with one attached hydrogen (secondary N) is 1. The molecule has 1 aromatic heterocycles. The topological polar surface area (TPSA) is 90.0 Å². The van der Waals surface area contributed by atoms with Gasteiger partial charge >= 0.3 is 6.18 Å². The number of nitrogens with two attached hydrogens (primary N) is 1. The molecule has 1 saturated carbocycles. The van der Waals surface area contributed by atoms with Crippen molar-refractivity contribution in [3.05, 3.63) is 12.4 Å². The van der Waals surface area contributed by atoms with E-state index >= 15 is 0 Å². The van der Waals surface area contributed by atoms with E-state index in [4.69, 9.17) is 5.73 Å². The van der Waals surface area contributed by atoms with Crippen LogP contribution in [-0.4, -0.2) is 36.5 Å². The van der Waals surface area contributed by atoms with Crippen molar-refractivity contribution >= 4 is 22.4 Å². The summed E-state index contributed by atoms with van der Waals surface area (Å²) in [4.78, 5) is -0.285. The second-order valence-corrected chi connectivity index (χ2v) is 7.78. The SMILES string of the molecule is CC1CCCCC1(CN)NS(=O)(=O)c1cnn(CC(F)(F)F)c1.Cl. The summed E-state index contributed by atoms with van der Waals surface area (Å²) in [5.74, 6) is 0.0567. The number of nitrogens with zero attached hydrogens (tertiary/aromatic N) is 2. The number of alkyl halides is 3. The van der Waals surface area contributed by atoms with Crippen LogP contribution < -0.4 is 10.5 Å². The summed E-state index contributed by atoms with van der Waals surface area (Å²) in [5.41, 5.74) is 5.05. The molecule has 0 amide bonds. The summed E-state index contributed by atoms with van der Waals surface area (Å²) >= 11 is 0. The van der Waals surface area contributed by atoms with Crippen LogP contribution in [0.2, 0.25) is 0 Å².